The van der Waals surface area contributed by atoms with Gasteiger partial charge in [0.15, 0.2) is 0 Å². The zero-order valence-electron chi connectivity index (χ0n) is 13.5. The highest BCUT2D eigenvalue weighted by Gasteiger charge is 2.27. The molecule has 1 aliphatic rings. The Labute approximate surface area is 140 Å². The smallest absolute Gasteiger partial charge is 0.226 e. The normalized spacial score (nSPS) is 16.4. The molecule has 0 radical (unpaired) electrons. The summed E-state index contributed by atoms with van der Waals surface area (Å²) in [6.07, 6.45) is 4.30. The summed E-state index contributed by atoms with van der Waals surface area (Å²) in [6, 6.07) is 14.1. The van der Waals surface area contributed by atoms with Gasteiger partial charge in [0.1, 0.15) is 11.8 Å². The van der Waals surface area contributed by atoms with Crippen LogP contribution in [0.2, 0.25) is 0 Å². The van der Waals surface area contributed by atoms with Gasteiger partial charge in [-0.3, -0.25) is 4.98 Å². The molecule has 0 saturated heterocycles. The summed E-state index contributed by atoms with van der Waals surface area (Å²) in [5, 5.41) is 9.30. The fourth-order valence-electron chi connectivity index (χ4n) is 3.27. The summed E-state index contributed by atoms with van der Waals surface area (Å²) in [6.45, 7) is 2.06. The first kappa shape index (κ1) is 14.6. The van der Waals surface area contributed by atoms with Gasteiger partial charge in [0.2, 0.25) is 5.89 Å². The van der Waals surface area contributed by atoms with E-state index in [-0.39, 0.29) is 5.92 Å². The van der Waals surface area contributed by atoms with Gasteiger partial charge in [0.25, 0.3) is 0 Å². The van der Waals surface area contributed by atoms with Crippen molar-refractivity contribution >= 4 is 0 Å². The van der Waals surface area contributed by atoms with Crippen LogP contribution in [-0.2, 0) is 12.8 Å². The Hall–Kier alpha value is -2.93. The van der Waals surface area contributed by atoms with Crippen LogP contribution in [0.25, 0.3) is 11.5 Å². The van der Waals surface area contributed by atoms with Crippen LogP contribution >= 0.6 is 0 Å². The van der Waals surface area contributed by atoms with Crippen LogP contribution in [0.1, 0.15) is 40.6 Å². The second kappa shape index (κ2) is 5.93. The van der Waals surface area contributed by atoms with E-state index in [1.54, 1.807) is 6.20 Å². The van der Waals surface area contributed by atoms with Crippen LogP contribution < -0.4 is 0 Å². The molecule has 0 saturated carbocycles. The fourth-order valence-corrected chi connectivity index (χ4v) is 3.27. The second-order valence-corrected chi connectivity index (χ2v) is 6.24. The molecule has 4 rings (SSSR count). The zero-order chi connectivity index (χ0) is 16.5. The molecule has 2 heterocycles. The minimum Gasteiger partial charge on any atom is -0.441 e. The fraction of sp³-hybridized carbons (Fsp3) is 0.250. The molecule has 4 nitrogen and oxygen atoms in total. The lowest BCUT2D eigenvalue weighted by atomic mass is 9.86. The number of aromatic nitrogens is 2. The van der Waals surface area contributed by atoms with Gasteiger partial charge < -0.3 is 4.42 Å². The molecule has 3 aromatic rings. The Morgan fingerprint density at radius 1 is 1.21 bits per heavy atom. The van der Waals surface area contributed by atoms with E-state index in [1.165, 1.54) is 5.56 Å². The first-order chi connectivity index (χ1) is 11.7. The van der Waals surface area contributed by atoms with Gasteiger partial charge in [0.05, 0.1) is 17.0 Å². The van der Waals surface area contributed by atoms with Crippen molar-refractivity contribution < 1.29 is 4.42 Å². The second-order valence-electron chi connectivity index (χ2n) is 6.24. The van der Waals surface area contributed by atoms with Crippen LogP contribution in [0.3, 0.4) is 0 Å². The Balaban J connectivity index is 1.64. The number of hydrogen-bond acceptors (Lipinski definition) is 4. The Morgan fingerprint density at radius 3 is 2.83 bits per heavy atom. The monoisotopic (exact) mass is 315 g/mol. The third kappa shape index (κ3) is 2.59. The number of nitrogens with zero attached hydrogens (tertiary/aromatic N) is 3. The highest BCUT2D eigenvalue weighted by atomic mass is 16.4. The average Bonchev–Trinajstić information content (AvgIpc) is 3.05. The topological polar surface area (TPSA) is 62.7 Å². The Kier molecular flexibility index (Phi) is 3.62. The van der Waals surface area contributed by atoms with Gasteiger partial charge in [0, 0.05) is 30.5 Å². The lowest BCUT2D eigenvalue weighted by molar-refractivity contribution is 0.461. The number of pyridine rings is 1. The van der Waals surface area contributed by atoms with Crippen molar-refractivity contribution in [2.24, 2.45) is 0 Å². The van der Waals surface area contributed by atoms with Gasteiger partial charge in [-0.2, -0.15) is 5.26 Å². The number of hydrogen-bond donors (Lipinski definition) is 0. The molecule has 2 aromatic heterocycles. The maximum atomic E-state index is 9.30. The van der Waals surface area contributed by atoms with Crippen molar-refractivity contribution in [1.82, 2.24) is 9.97 Å². The number of rotatable bonds is 2. The van der Waals surface area contributed by atoms with E-state index in [4.69, 9.17) is 9.40 Å². The standard InChI is InChI=1S/C20H17N3O/c1-13-4-6-14(7-5-13)20-23-17-11-15(8-9-18(17)24-20)19-16(12-21)3-2-10-22-19/h2-7,10,15H,8-9,11H2,1H3. The van der Waals surface area contributed by atoms with Gasteiger partial charge in [-0.15, -0.1) is 0 Å². The summed E-state index contributed by atoms with van der Waals surface area (Å²) >= 11 is 0. The summed E-state index contributed by atoms with van der Waals surface area (Å²) in [4.78, 5) is 9.14. The molecule has 4 heteroatoms. The van der Waals surface area contributed by atoms with Crippen LogP contribution in [0.15, 0.2) is 47.0 Å². The van der Waals surface area contributed by atoms with Crippen molar-refractivity contribution in [3.8, 4) is 17.5 Å². The largest absolute Gasteiger partial charge is 0.441 e. The van der Waals surface area contributed by atoms with Crippen LogP contribution in [0.4, 0.5) is 0 Å². The quantitative estimate of drug-likeness (QED) is 0.711. The predicted octanol–water partition coefficient (Wildman–Crippen LogP) is 4.19. The maximum absolute atomic E-state index is 9.30. The number of aryl methyl sites for hydroxylation is 2. The molecular formula is C20H17N3O. The van der Waals surface area contributed by atoms with Crippen LogP contribution in [-0.4, -0.2) is 9.97 Å². The molecule has 118 valence electrons. The first-order valence-corrected chi connectivity index (χ1v) is 8.15. The molecule has 24 heavy (non-hydrogen) atoms. The zero-order valence-corrected chi connectivity index (χ0v) is 13.5. The third-order valence-electron chi connectivity index (χ3n) is 4.58. The Bertz CT molecular complexity index is 919. The van der Waals surface area contributed by atoms with Crippen molar-refractivity contribution in [2.75, 3.05) is 0 Å². The van der Waals surface area contributed by atoms with E-state index >= 15 is 0 Å². The lowest BCUT2D eigenvalue weighted by Crippen LogP contribution is -2.14. The maximum Gasteiger partial charge on any atom is 0.226 e. The SMILES string of the molecule is Cc1ccc(-c2nc3c(o2)CCC(c2ncccc2C#N)C3)cc1. The summed E-state index contributed by atoms with van der Waals surface area (Å²) < 4.78 is 5.98. The molecule has 1 unspecified atom stereocenters. The van der Waals surface area contributed by atoms with Gasteiger partial charge in [-0.05, 0) is 37.6 Å². The summed E-state index contributed by atoms with van der Waals surface area (Å²) in [5.41, 5.74) is 4.76. The first-order valence-electron chi connectivity index (χ1n) is 8.15. The molecule has 1 aromatic carbocycles. The molecule has 1 atom stereocenters. The Morgan fingerprint density at radius 2 is 2.04 bits per heavy atom. The van der Waals surface area contributed by atoms with Crippen molar-refractivity contribution in [3.63, 3.8) is 0 Å². The number of oxazole rings is 1. The summed E-state index contributed by atoms with van der Waals surface area (Å²) in [7, 11) is 0. The molecule has 0 fully saturated rings. The minimum atomic E-state index is 0.226. The molecule has 1 aliphatic carbocycles. The summed E-state index contributed by atoms with van der Waals surface area (Å²) in [5.74, 6) is 1.88. The van der Waals surface area contributed by atoms with Crippen molar-refractivity contribution in [1.29, 1.82) is 5.26 Å². The molecular weight excluding hydrogens is 298 g/mol. The molecule has 0 N–H and O–H groups in total. The van der Waals surface area contributed by atoms with E-state index in [0.29, 0.717) is 11.5 Å². The third-order valence-corrected chi connectivity index (χ3v) is 4.58. The highest BCUT2D eigenvalue weighted by molar-refractivity contribution is 5.54. The lowest BCUT2D eigenvalue weighted by Gasteiger charge is -2.20. The van der Waals surface area contributed by atoms with E-state index < -0.39 is 0 Å². The average molecular weight is 315 g/mol. The number of nitriles is 1. The predicted molar refractivity (Wildman–Crippen MR) is 90.4 cm³/mol. The molecule has 0 spiro atoms. The highest BCUT2D eigenvalue weighted by Crippen LogP contribution is 2.35. The van der Waals surface area contributed by atoms with Gasteiger partial charge in [-0.1, -0.05) is 17.7 Å². The molecule has 0 aliphatic heterocycles. The number of benzene rings is 1. The number of fused-ring (bicyclic) bond motifs is 1. The van der Waals surface area contributed by atoms with E-state index in [0.717, 1.165) is 42.0 Å². The van der Waals surface area contributed by atoms with Gasteiger partial charge in [-0.25, -0.2) is 4.98 Å². The van der Waals surface area contributed by atoms with Crippen LogP contribution in [0, 0.1) is 18.3 Å². The van der Waals surface area contributed by atoms with E-state index in [1.807, 2.05) is 24.3 Å². The van der Waals surface area contributed by atoms with Crippen molar-refractivity contribution in [3.05, 3.63) is 70.9 Å². The van der Waals surface area contributed by atoms with E-state index in [9.17, 15) is 5.26 Å². The van der Waals surface area contributed by atoms with Crippen molar-refractivity contribution in [2.45, 2.75) is 32.1 Å². The minimum absolute atomic E-state index is 0.226. The molecule has 0 amide bonds. The van der Waals surface area contributed by atoms with E-state index in [2.05, 4.69) is 30.1 Å². The molecule has 0 bridgehead atoms. The van der Waals surface area contributed by atoms with Crippen LogP contribution in [0.5, 0.6) is 0 Å². The van der Waals surface area contributed by atoms with Gasteiger partial charge >= 0.3 is 0 Å².